The zero-order valence-electron chi connectivity index (χ0n) is 14.5. The zero-order valence-corrected chi connectivity index (χ0v) is 14.5. The van der Waals surface area contributed by atoms with E-state index in [1.807, 2.05) is 45.9 Å². The average Bonchev–Trinajstić information content (AvgIpc) is 2.51. The number of hydrogen-bond donors (Lipinski definition) is 2. The summed E-state index contributed by atoms with van der Waals surface area (Å²) in [5.74, 6) is -0.370. The van der Waals surface area contributed by atoms with Gasteiger partial charge in [0.15, 0.2) is 0 Å². The Morgan fingerprint density at radius 3 is 2.61 bits per heavy atom. The summed E-state index contributed by atoms with van der Waals surface area (Å²) in [5.41, 5.74) is 1.58. The van der Waals surface area contributed by atoms with Gasteiger partial charge in [-0.05, 0) is 38.3 Å². The molecule has 1 rings (SSSR count). The molecule has 0 aliphatic rings. The van der Waals surface area contributed by atoms with Crippen LogP contribution in [0.5, 0.6) is 0 Å². The summed E-state index contributed by atoms with van der Waals surface area (Å²) in [7, 11) is 0. The minimum Gasteiger partial charge on any atom is -0.382 e. The highest BCUT2D eigenvalue weighted by Gasteiger charge is 2.24. The van der Waals surface area contributed by atoms with Crippen molar-refractivity contribution in [1.82, 2.24) is 10.6 Å². The first-order valence-corrected chi connectivity index (χ1v) is 8.18. The topological polar surface area (TPSA) is 67.4 Å². The van der Waals surface area contributed by atoms with E-state index < -0.39 is 6.04 Å². The lowest BCUT2D eigenvalue weighted by Gasteiger charge is -2.22. The number of benzene rings is 1. The van der Waals surface area contributed by atoms with Crippen LogP contribution in [0.2, 0.25) is 0 Å². The standard InChI is InChI=1S/C18H28N2O3/c1-5-23-11-7-10-19-18(22)16(13(2)3)20-17(21)15-9-6-8-14(4)12-15/h6,8-9,12-13,16H,5,7,10-11H2,1-4H3,(H,19,22)(H,20,21)/t16-/m0/s1. The lowest BCUT2D eigenvalue weighted by molar-refractivity contribution is -0.123. The van der Waals surface area contributed by atoms with Crippen LogP contribution < -0.4 is 10.6 Å². The second-order valence-electron chi connectivity index (χ2n) is 5.91. The fourth-order valence-corrected chi connectivity index (χ4v) is 2.19. The quantitative estimate of drug-likeness (QED) is 0.686. The molecule has 0 saturated heterocycles. The van der Waals surface area contributed by atoms with Crippen molar-refractivity contribution in [1.29, 1.82) is 0 Å². The number of nitrogens with one attached hydrogen (secondary N) is 2. The van der Waals surface area contributed by atoms with Crippen molar-refractivity contribution in [3.63, 3.8) is 0 Å². The SMILES string of the molecule is CCOCCCNC(=O)[C@@H](NC(=O)c1cccc(C)c1)C(C)C. The number of carbonyl (C=O) groups is 2. The van der Waals surface area contributed by atoms with Crippen LogP contribution in [-0.2, 0) is 9.53 Å². The Balaban J connectivity index is 2.57. The Bertz CT molecular complexity index is 515. The molecule has 128 valence electrons. The highest BCUT2D eigenvalue weighted by molar-refractivity contribution is 5.97. The summed E-state index contributed by atoms with van der Waals surface area (Å²) in [6, 6.07) is 6.78. The van der Waals surface area contributed by atoms with Gasteiger partial charge in [-0.3, -0.25) is 9.59 Å². The van der Waals surface area contributed by atoms with Gasteiger partial charge in [-0.1, -0.05) is 31.5 Å². The normalized spacial score (nSPS) is 12.0. The number of aryl methyl sites for hydroxylation is 1. The highest BCUT2D eigenvalue weighted by atomic mass is 16.5. The number of hydrogen-bond acceptors (Lipinski definition) is 3. The van der Waals surface area contributed by atoms with Crippen LogP contribution in [0, 0.1) is 12.8 Å². The van der Waals surface area contributed by atoms with E-state index in [2.05, 4.69) is 10.6 Å². The molecule has 1 atom stereocenters. The molecule has 0 bridgehead atoms. The molecule has 5 heteroatoms. The molecule has 1 aromatic carbocycles. The summed E-state index contributed by atoms with van der Waals surface area (Å²) in [5, 5.41) is 5.69. The first-order chi connectivity index (χ1) is 11.0. The third-order valence-electron chi connectivity index (χ3n) is 3.48. The molecule has 0 aliphatic carbocycles. The van der Waals surface area contributed by atoms with Gasteiger partial charge >= 0.3 is 0 Å². The Morgan fingerprint density at radius 2 is 2.00 bits per heavy atom. The van der Waals surface area contributed by atoms with Crippen molar-refractivity contribution in [2.75, 3.05) is 19.8 Å². The number of rotatable bonds is 9. The van der Waals surface area contributed by atoms with E-state index in [-0.39, 0.29) is 17.7 Å². The van der Waals surface area contributed by atoms with Gasteiger partial charge in [0.25, 0.3) is 5.91 Å². The monoisotopic (exact) mass is 320 g/mol. The largest absolute Gasteiger partial charge is 0.382 e. The predicted octanol–water partition coefficient (Wildman–Crippen LogP) is 2.29. The molecule has 2 N–H and O–H groups in total. The van der Waals surface area contributed by atoms with E-state index in [9.17, 15) is 9.59 Å². The molecule has 1 aromatic rings. The van der Waals surface area contributed by atoms with E-state index in [0.29, 0.717) is 25.3 Å². The molecule has 0 unspecified atom stereocenters. The van der Waals surface area contributed by atoms with Crippen molar-refractivity contribution >= 4 is 11.8 Å². The van der Waals surface area contributed by atoms with Gasteiger partial charge in [0.05, 0.1) is 0 Å². The lowest BCUT2D eigenvalue weighted by Crippen LogP contribution is -2.50. The highest BCUT2D eigenvalue weighted by Crippen LogP contribution is 2.07. The van der Waals surface area contributed by atoms with Gasteiger partial charge in [-0.15, -0.1) is 0 Å². The Kier molecular flexibility index (Phi) is 8.33. The molecular weight excluding hydrogens is 292 g/mol. The molecular formula is C18H28N2O3. The number of ether oxygens (including phenoxy) is 1. The Hall–Kier alpha value is -1.88. The summed E-state index contributed by atoms with van der Waals surface area (Å²) in [6.07, 6.45) is 0.760. The third-order valence-corrected chi connectivity index (χ3v) is 3.48. The zero-order chi connectivity index (χ0) is 17.2. The maximum atomic E-state index is 12.3. The summed E-state index contributed by atoms with van der Waals surface area (Å²) in [6.45, 7) is 9.55. The number of carbonyl (C=O) groups excluding carboxylic acids is 2. The number of amides is 2. The molecule has 0 aliphatic heterocycles. The van der Waals surface area contributed by atoms with Crippen LogP contribution in [0.15, 0.2) is 24.3 Å². The van der Waals surface area contributed by atoms with Crippen molar-refractivity contribution in [2.24, 2.45) is 5.92 Å². The third kappa shape index (κ3) is 6.82. The average molecular weight is 320 g/mol. The first kappa shape index (κ1) is 19.2. The van der Waals surface area contributed by atoms with Crippen LogP contribution >= 0.6 is 0 Å². The molecule has 0 radical (unpaired) electrons. The summed E-state index contributed by atoms with van der Waals surface area (Å²) >= 11 is 0. The first-order valence-electron chi connectivity index (χ1n) is 8.18. The Morgan fingerprint density at radius 1 is 1.26 bits per heavy atom. The van der Waals surface area contributed by atoms with Crippen LogP contribution in [0.3, 0.4) is 0 Å². The van der Waals surface area contributed by atoms with Gasteiger partial charge in [0.2, 0.25) is 5.91 Å². The molecule has 0 spiro atoms. The molecule has 5 nitrogen and oxygen atoms in total. The van der Waals surface area contributed by atoms with Crippen LogP contribution in [-0.4, -0.2) is 37.6 Å². The maximum absolute atomic E-state index is 12.3. The predicted molar refractivity (Wildman–Crippen MR) is 91.4 cm³/mol. The van der Waals surface area contributed by atoms with E-state index in [1.165, 1.54) is 0 Å². The van der Waals surface area contributed by atoms with Gasteiger partial charge in [-0.2, -0.15) is 0 Å². The van der Waals surface area contributed by atoms with E-state index in [1.54, 1.807) is 6.07 Å². The van der Waals surface area contributed by atoms with Gasteiger partial charge in [-0.25, -0.2) is 0 Å². The summed E-state index contributed by atoms with van der Waals surface area (Å²) < 4.78 is 5.24. The molecule has 0 saturated carbocycles. The Labute approximate surface area is 138 Å². The van der Waals surface area contributed by atoms with Crippen molar-refractivity contribution in [3.8, 4) is 0 Å². The molecule has 0 aromatic heterocycles. The van der Waals surface area contributed by atoms with E-state index in [4.69, 9.17) is 4.74 Å². The summed E-state index contributed by atoms with van der Waals surface area (Å²) in [4.78, 5) is 24.6. The van der Waals surface area contributed by atoms with Crippen LogP contribution in [0.4, 0.5) is 0 Å². The van der Waals surface area contributed by atoms with Gasteiger partial charge in [0, 0.05) is 25.3 Å². The van der Waals surface area contributed by atoms with E-state index in [0.717, 1.165) is 12.0 Å². The van der Waals surface area contributed by atoms with Gasteiger partial charge < -0.3 is 15.4 Å². The minimum absolute atomic E-state index is 0.00986. The van der Waals surface area contributed by atoms with Crippen molar-refractivity contribution < 1.29 is 14.3 Å². The van der Waals surface area contributed by atoms with E-state index >= 15 is 0 Å². The second-order valence-corrected chi connectivity index (χ2v) is 5.91. The van der Waals surface area contributed by atoms with Crippen molar-refractivity contribution in [3.05, 3.63) is 35.4 Å². The lowest BCUT2D eigenvalue weighted by atomic mass is 10.0. The van der Waals surface area contributed by atoms with Gasteiger partial charge in [0.1, 0.15) is 6.04 Å². The minimum atomic E-state index is -0.546. The molecule has 2 amide bonds. The molecule has 23 heavy (non-hydrogen) atoms. The maximum Gasteiger partial charge on any atom is 0.251 e. The molecule has 0 heterocycles. The smallest absolute Gasteiger partial charge is 0.251 e. The van der Waals surface area contributed by atoms with Crippen molar-refractivity contribution in [2.45, 2.75) is 40.2 Å². The second kappa shape index (κ2) is 10.0. The fourth-order valence-electron chi connectivity index (χ4n) is 2.19. The fraction of sp³-hybridized carbons (Fsp3) is 0.556. The van der Waals surface area contributed by atoms with Crippen LogP contribution in [0.25, 0.3) is 0 Å². The van der Waals surface area contributed by atoms with Crippen LogP contribution in [0.1, 0.15) is 43.1 Å². The molecule has 0 fully saturated rings.